The zero-order chi connectivity index (χ0) is 26.5. The number of pyridine rings is 1. The molecule has 0 radical (unpaired) electrons. The lowest BCUT2D eigenvalue weighted by molar-refractivity contribution is -0.137. The van der Waals surface area contributed by atoms with Gasteiger partial charge >= 0.3 is 16.4 Å². The molecular weight excluding hydrogens is 495 g/mol. The van der Waals surface area contributed by atoms with Gasteiger partial charge in [-0.2, -0.15) is 25.9 Å². The Morgan fingerprint density at radius 1 is 1.17 bits per heavy atom. The van der Waals surface area contributed by atoms with E-state index in [2.05, 4.69) is 16.6 Å². The van der Waals surface area contributed by atoms with E-state index in [9.17, 15) is 26.4 Å². The number of nitrogens with one attached hydrogen (secondary N) is 1. The summed E-state index contributed by atoms with van der Waals surface area (Å²) in [6.45, 7) is 7.02. The molecule has 2 aromatic rings. The minimum absolute atomic E-state index is 0. The Labute approximate surface area is 210 Å². The highest BCUT2D eigenvalue weighted by molar-refractivity contribution is 7.87. The van der Waals surface area contributed by atoms with Gasteiger partial charge in [-0.1, -0.05) is 19.1 Å². The van der Waals surface area contributed by atoms with Gasteiger partial charge < -0.3 is 10.6 Å². The number of halogens is 3. The molecule has 12 heteroatoms. The van der Waals surface area contributed by atoms with Gasteiger partial charge in [0.15, 0.2) is 0 Å². The normalized spacial score (nSPS) is 22.7. The van der Waals surface area contributed by atoms with Crippen LogP contribution in [0.5, 0.6) is 0 Å². The van der Waals surface area contributed by atoms with Gasteiger partial charge in [-0.25, -0.2) is 9.71 Å². The maximum absolute atomic E-state index is 13.2. The molecular formula is C24H32F3N5O3S. The third-order valence-corrected chi connectivity index (χ3v) is 8.16. The summed E-state index contributed by atoms with van der Waals surface area (Å²) < 4.78 is 67.8. The Morgan fingerprint density at radius 3 is 2.36 bits per heavy atom. The maximum Gasteiger partial charge on any atom is 0.416 e. The van der Waals surface area contributed by atoms with E-state index in [1.807, 2.05) is 18.7 Å². The first-order valence-electron chi connectivity index (χ1n) is 11.7. The van der Waals surface area contributed by atoms with Crippen molar-refractivity contribution in [1.82, 2.24) is 14.0 Å². The van der Waals surface area contributed by atoms with Crippen molar-refractivity contribution in [3.8, 4) is 11.3 Å². The summed E-state index contributed by atoms with van der Waals surface area (Å²) in [6, 6.07) is 7.30. The van der Waals surface area contributed by atoms with Crippen molar-refractivity contribution in [3.05, 3.63) is 47.5 Å². The average Bonchev–Trinajstić information content (AvgIpc) is 3.34. The Balaban J connectivity index is 0.00000380. The summed E-state index contributed by atoms with van der Waals surface area (Å²) in [7, 11) is -4.10. The molecule has 0 bridgehead atoms. The second-order valence-electron chi connectivity index (χ2n) is 10.2. The average molecular weight is 528 g/mol. The van der Waals surface area contributed by atoms with Crippen molar-refractivity contribution in [3.63, 3.8) is 0 Å². The number of benzene rings is 1. The molecule has 8 nitrogen and oxygen atoms in total. The monoisotopic (exact) mass is 527 g/mol. The molecule has 4 rings (SSSR count). The molecule has 0 saturated carbocycles. The van der Waals surface area contributed by atoms with Crippen molar-refractivity contribution in [1.29, 1.82) is 0 Å². The molecule has 36 heavy (non-hydrogen) atoms. The van der Waals surface area contributed by atoms with Crippen LogP contribution in [0.1, 0.15) is 51.0 Å². The van der Waals surface area contributed by atoms with Gasteiger partial charge in [-0.3, -0.25) is 4.79 Å². The third-order valence-electron chi connectivity index (χ3n) is 6.71. The van der Waals surface area contributed by atoms with Crippen molar-refractivity contribution in [2.24, 2.45) is 11.7 Å². The van der Waals surface area contributed by atoms with Crippen molar-refractivity contribution in [2.75, 3.05) is 24.5 Å². The fourth-order valence-corrected chi connectivity index (χ4v) is 6.20. The molecule has 0 aliphatic carbocycles. The predicted molar refractivity (Wildman–Crippen MR) is 133 cm³/mol. The van der Waals surface area contributed by atoms with E-state index in [0.29, 0.717) is 30.1 Å². The van der Waals surface area contributed by atoms with Crippen LogP contribution in [0.4, 0.5) is 19.0 Å². The number of amides is 1. The number of aromatic nitrogens is 1. The second kappa shape index (κ2) is 9.31. The van der Waals surface area contributed by atoms with Crippen LogP contribution in [0.25, 0.3) is 11.3 Å². The summed E-state index contributed by atoms with van der Waals surface area (Å²) in [6.07, 6.45) is -3.13. The van der Waals surface area contributed by atoms with Crippen LogP contribution >= 0.6 is 0 Å². The van der Waals surface area contributed by atoms with Gasteiger partial charge in [0.05, 0.1) is 16.8 Å². The van der Waals surface area contributed by atoms with Gasteiger partial charge in [-0.05, 0) is 56.9 Å². The lowest BCUT2D eigenvalue weighted by Crippen LogP contribution is -2.44. The standard InChI is InChI=1S/C24H30F3N5O3S.H2/c1-15-12-23(2,3)32(13-15)21-19(22(33)30-36(34,35)31-11-10-18(28)14-31)8-9-20(29-21)16-4-6-17(7-5-16)24(25,26)27;/h4-9,15,18H,10-14,28H2,1-3H3,(H,30,33);1H/t15-,18-;/m0./s1. The fourth-order valence-electron chi connectivity index (χ4n) is 4.99. The Morgan fingerprint density at radius 2 is 1.83 bits per heavy atom. The van der Waals surface area contributed by atoms with Gasteiger partial charge in [0.2, 0.25) is 0 Å². The molecule has 0 unspecified atom stereocenters. The topological polar surface area (TPSA) is 109 Å². The molecule has 2 fully saturated rings. The predicted octanol–water partition coefficient (Wildman–Crippen LogP) is 3.65. The number of anilines is 1. The first-order valence-corrected chi connectivity index (χ1v) is 13.2. The van der Waals surface area contributed by atoms with E-state index in [0.717, 1.165) is 22.9 Å². The molecule has 3 heterocycles. The zero-order valence-corrected chi connectivity index (χ0v) is 21.2. The van der Waals surface area contributed by atoms with Crippen LogP contribution in [0.2, 0.25) is 0 Å². The summed E-state index contributed by atoms with van der Waals surface area (Å²) in [5, 5.41) is 0. The highest BCUT2D eigenvalue weighted by Gasteiger charge is 2.40. The van der Waals surface area contributed by atoms with Crippen LogP contribution < -0.4 is 15.4 Å². The highest BCUT2D eigenvalue weighted by atomic mass is 32.2. The minimum Gasteiger partial charge on any atom is -0.351 e. The number of hydrogen-bond acceptors (Lipinski definition) is 6. The lowest BCUT2D eigenvalue weighted by atomic mass is 9.97. The summed E-state index contributed by atoms with van der Waals surface area (Å²) in [5.41, 5.74) is 5.56. The van der Waals surface area contributed by atoms with Crippen LogP contribution in [-0.2, 0) is 16.4 Å². The summed E-state index contributed by atoms with van der Waals surface area (Å²) in [5.74, 6) is -0.248. The molecule has 1 amide bonds. The molecule has 0 spiro atoms. The number of alkyl halides is 3. The number of nitrogens with two attached hydrogens (primary N) is 1. The first kappa shape index (κ1) is 26.4. The Bertz CT molecular complexity index is 1260. The second-order valence-corrected chi connectivity index (χ2v) is 11.9. The molecule has 1 aromatic carbocycles. The van der Waals surface area contributed by atoms with Crippen LogP contribution in [0, 0.1) is 5.92 Å². The lowest BCUT2D eigenvalue weighted by Gasteiger charge is -2.34. The fraction of sp³-hybridized carbons (Fsp3) is 0.500. The molecule has 3 N–H and O–H groups in total. The van der Waals surface area contributed by atoms with E-state index < -0.39 is 27.9 Å². The molecule has 2 aliphatic rings. The molecule has 1 aromatic heterocycles. The maximum atomic E-state index is 13.2. The molecule has 2 atom stereocenters. The van der Waals surface area contributed by atoms with E-state index in [1.54, 1.807) is 0 Å². The van der Waals surface area contributed by atoms with Gasteiger partial charge in [0, 0.05) is 38.2 Å². The SMILES string of the molecule is C[C@@H]1CN(c2nc(-c3ccc(C(F)(F)F)cc3)ccc2C(=O)NS(=O)(=O)N2CC[C@H](N)C2)C(C)(C)C1.[HH]. The van der Waals surface area contributed by atoms with Gasteiger partial charge in [0.25, 0.3) is 5.91 Å². The number of nitrogens with zero attached hydrogens (tertiary/aromatic N) is 3. The van der Waals surface area contributed by atoms with E-state index in [1.165, 1.54) is 24.3 Å². The number of carbonyl (C=O) groups excluding carboxylic acids is 1. The highest BCUT2D eigenvalue weighted by Crippen LogP contribution is 2.38. The smallest absolute Gasteiger partial charge is 0.351 e. The van der Waals surface area contributed by atoms with Crippen LogP contribution in [0.15, 0.2) is 36.4 Å². The zero-order valence-electron chi connectivity index (χ0n) is 20.3. The summed E-state index contributed by atoms with van der Waals surface area (Å²) in [4.78, 5) is 19.9. The number of rotatable bonds is 5. The van der Waals surface area contributed by atoms with E-state index >= 15 is 0 Å². The largest absolute Gasteiger partial charge is 0.416 e. The van der Waals surface area contributed by atoms with Gasteiger partial charge in [0.1, 0.15) is 5.82 Å². The Hall–Kier alpha value is -2.70. The van der Waals surface area contributed by atoms with Crippen molar-refractivity contribution in [2.45, 2.75) is 51.4 Å². The quantitative estimate of drug-likeness (QED) is 0.615. The van der Waals surface area contributed by atoms with Crippen molar-refractivity contribution >= 4 is 21.9 Å². The summed E-state index contributed by atoms with van der Waals surface area (Å²) >= 11 is 0. The number of hydrogen-bond donors (Lipinski definition) is 2. The van der Waals surface area contributed by atoms with Crippen LogP contribution in [0.3, 0.4) is 0 Å². The van der Waals surface area contributed by atoms with E-state index in [-0.39, 0.29) is 37.5 Å². The molecule has 198 valence electrons. The van der Waals surface area contributed by atoms with E-state index in [4.69, 9.17) is 5.73 Å². The third kappa shape index (κ3) is 5.35. The minimum atomic E-state index is -4.46. The Kier molecular flexibility index (Phi) is 6.82. The van der Waals surface area contributed by atoms with Crippen LogP contribution in [-0.4, -0.2) is 54.8 Å². The first-order chi connectivity index (χ1) is 16.7. The van der Waals surface area contributed by atoms with Crippen molar-refractivity contribution < 1.29 is 27.8 Å². The molecule has 2 saturated heterocycles. The van der Waals surface area contributed by atoms with Gasteiger partial charge in [-0.15, -0.1) is 0 Å². The number of carbonyl (C=O) groups is 1. The molecule has 2 aliphatic heterocycles.